The molecule has 2 heterocycles. The standard InChI is InChI=1S/C23H26F2N2O4S/c1-2-32(29,30)26-22-18(24)14-27(23(28)20-11-12-31-20)19(22)13-16-9-6-10-17(21(16)25)15-7-4-3-5-8-15/h3-10,18-20,22,26H,2,11-14H2,1H3/t18-,19-,20+,22-/m0/s1. The van der Waals surface area contributed by atoms with E-state index < -0.39 is 40.2 Å². The molecule has 0 aromatic heterocycles. The summed E-state index contributed by atoms with van der Waals surface area (Å²) in [7, 11) is -3.74. The number of amides is 1. The fraction of sp³-hybridized carbons (Fsp3) is 0.435. The average molecular weight is 465 g/mol. The van der Waals surface area contributed by atoms with Gasteiger partial charge in [0.05, 0.1) is 31.0 Å². The van der Waals surface area contributed by atoms with Crippen LogP contribution in [0, 0.1) is 5.82 Å². The third-order valence-electron chi connectivity index (χ3n) is 6.12. The van der Waals surface area contributed by atoms with Crippen molar-refractivity contribution < 1.29 is 26.7 Å². The van der Waals surface area contributed by atoms with Crippen molar-refractivity contribution in [1.82, 2.24) is 9.62 Å². The number of rotatable bonds is 7. The van der Waals surface area contributed by atoms with Crippen molar-refractivity contribution in [2.75, 3.05) is 18.9 Å². The van der Waals surface area contributed by atoms with E-state index in [1.54, 1.807) is 42.5 Å². The van der Waals surface area contributed by atoms with Crippen molar-refractivity contribution in [3.63, 3.8) is 0 Å². The van der Waals surface area contributed by atoms with Gasteiger partial charge in [-0.15, -0.1) is 0 Å². The summed E-state index contributed by atoms with van der Waals surface area (Å²) in [4.78, 5) is 14.2. The van der Waals surface area contributed by atoms with Crippen LogP contribution in [-0.4, -0.2) is 62.5 Å². The summed E-state index contributed by atoms with van der Waals surface area (Å²) in [5.41, 5.74) is 1.38. The van der Waals surface area contributed by atoms with Gasteiger partial charge in [-0.2, -0.15) is 0 Å². The van der Waals surface area contributed by atoms with Crippen molar-refractivity contribution in [1.29, 1.82) is 0 Å². The fourth-order valence-electron chi connectivity index (χ4n) is 4.22. The Morgan fingerprint density at radius 2 is 1.91 bits per heavy atom. The SMILES string of the molecule is CCS(=O)(=O)N[C@H]1[C@@H](F)CN(C(=O)[C@H]2CCO2)[C@H]1Cc1cccc(-c2ccccc2)c1F. The minimum Gasteiger partial charge on any atom is -0.368 e. The molecule has 2 saturated heterocycles. The molecule has 0 radical (unpaired) electrons. The van der Waals surface area contributed by atoms with Gasteiger partial charge in [-0.3, -0.25) is 4.79 Å². The van der Waals surface area contributed by atoms with Gasteiger partial charge < -0.3 is 9.64 Å². The molecule has 0 unspecified atom stereocenters. The molecular formula is C23H26F2N2O4S. The summed E-state index contributed by atoms with van der Waals surface area (Å²) >= 11 is 0. The van der Waals surface area contributed by atoms with Gasteiger partial charge in [-0.1, -0.05) is 48.5 Å². The summed E-state index contributed by atoms with van der Waals surface area (Å²) in [6.45, 7) is 1.64. The number of nitrogens with one attached hydrogen (secondary N) is 1. The van der Waals surface area contributed by atoms with Gasteiger partial charge in [0.25, 0.3) is 5.91 Å². The summed E-state index contributed by atoms with van der Waals surface area (Å²) in [6, 6.07) is 11.9. The second kappa shape index (κ2) is 9.25. The summed E-state index contributed by atoms with van der Waals surface area (Å²) < 4.78 is 62.5. The Morgan fingerprint density at radius 3 is 2.53 bits per heavy atom. The van der Waals surface area contributed by atoms with Crippen LogP contribution in [0.4, 0.5) is 8.78 Å². The third-order valence-corrected chi connectivity index (χ3v) is 7.51. The zero-order valence-corrected chi connectivity index (χ0v) is 18.5. The van der Waals surface area contributed by atoms with Crippen LogP contribution in [0.1, 0.15) is 18.9 Å². The predicted molar refractivity (Wildman–Crippen MR) is 117 cm³/mol. The molecule has 4 atom stereocenters. The van der Waals surface area contributed by atoms with E-state index in [1.807, 2.05) is 6.07 Å². The molecule has 2 aromatic rings. The molecule has 2 fully saturated rings. The highest BCUT2D eigenvalue weighted by atomic mass is 32.2. The van der Waals surface area contributed by atoms with E-state index in [1.165, 1.54) is 11.8 Å². The van der Waals surface area contributed by atoms with E-state index in [-0.39, 0.29) is 24.6 Å². The Balaban J connectivity index is 1.67. The number of ether oxygens (including phenoxy) is 1. The molecule has 32 heavy (non-hydrogen) atoms. The van der Waals surface area contributed by atoms with E-state index >= 15 is 4.39 Å². The monoisotopic (exact) mass is 464 g/mol. The molecule has 2 aromatic carbocycles. The normalized spacial score (nSPS) is 25.5. The van der Waals surface area contributed by atoms with Crippen molar-refractivity contribution in [3.05, 3.63) is 59.9 Å². The zero-order valence-electron chi connectivity index (χ0n) is 17.7. The molecule has 6 nitrogen and oxygen atoms in total. The van der Waals surface area contributed by atoms with E-state index in [0.717, 1.165) is 0 Å². The molecule has 4 rings (SSSR count). The number of likely N-dealkylation sites (tertiary alicyclic amines) is 1. The van der Waals surface area contributed by atoms with Gasteiger partial charge in [0.1, 0.15) is 18.1 Å². The van der Waals surface area contributed by atoms with Gasteiger partial charge in [0, 0.05) is 12.0 Å². The van der Waals surface area contributed by atoms with Crippen molar-refractivity contribution in [2.24, 2.45) is 0 Å². The number of sulfonamides is 1. The minimum atomic E-state index is -3.74. The first-order valence-electron chi connectivity index (χ1n) is 10.7. The quantitative estimate of drug-likeness (QED) is 0.684. The number of hydrogen-bond donors (Lipinski definition) is 1. The maximum Gasteiger partial charge on any atom is 0.252 e. The summed E-state index contributed by atoms with van der Waals surface area (Å²) in [5.74, 6) is -1.08. The number of carbonyl (C=O) groups is 1. The molecule has 0 bridgehead atoms. The number of carbonyl (C=O) groups excluding carboxylic acids is 1. The highest BCUT2D eigenvalue weighted by molar-refractivity contribution is 7.89. The Morgan fingerprint density at radius 1 is 1.19 bits per heavy atom. The lowest BCUT2D eigenvalue weighted by molar-refractivity contribution is -0.157. The van der Waals surface area contributed by atoms with E-state index in [4.69, 9.17) is 4.74 Å². The first-order chi connectivity index (χ1) is 15.3. The molecule has 1 amide bonds. The van der Waals surface area contributed by atoms with E-state index in [9.17, 15) is 17.6 Å². The van der Waals surface area contributed by atoms with Crippen LogP contribution in [0.15, 0.2) is 48.5 Å². The third kappa shape index (κ3) is 4.55. The van der Waals surface area contributed by atoms with E-state index in [0.29, 0.717) is 29.7 Å². The van der Waals surface area contributed by atoms with Crippen LogP contribution >= 0.6 is 0 Å². The topological polar surface area (TPSA) is 75.7 Å². The van der Waals surface area contributed by atoms with Crippen molar-refractivity contribution in [2.45, 2.75) is 44.1 Å². The molecule has 9 heteroatoms. The minimum absolute atomic E-state index is 0.0255. The average Bonchev–Trinajstić information content (AvgIpc) is 3.04. The van der Waals surface area contributed by atoms with Gasteiger partial charge >= 0.3 is 0 Å². The van der Waals surface area contributed by atoms with Crippen molar-refractivity contribution >= 4 is 15.9 Å². The lowest BCUT2D eigenvalue weighted by Gasteiger charge is -2.34. The number of benzene rings is 2. The molecule has 2 aliphatic rings. The number of halogens is 2. The largest absolute Gasteiger partial charge is 0.368 e. The van der Waals surface area contributed by atoms with Crippen LogP contribution in [0.5, 0.6) is 0 Å². The van der Waals surface area contributed by atoms with Gasteiger partial charge in [0.15, 0.2) is 0 Å². The lowest BCUT2D eigenvalue weighted by atomic mass is 9.95. The van der Waals surface area contributed by atoms with Crippen LogP contribution in [0.3, 0.4) is 0 Å². The highest BCUT2D eigenvalue weighted by Crippen LogP contribution is 2.31. The molecule has 2 aliphatic heterocycles. The fourth-order valence-corrected chi connectivity index (χ4v) is 5.11. The predicted octanol–water partition coefficient (Wildman–Crippen LogP) is 2.68. The number of nitrogens with zero attached hydrogens (tertiary/aromatic N) is 1. The number of hydrogen-bond acceptors (Lipinski definition) is 4. The number of alkyl halides is 1. The van der Waals surface area contributed by atoms with Gasteiger partial charge in [-0.05, 0) is 24.5 Å². The van der Waals surface area contributed by atoms with E-state index in [2.05, 4.69) is 4.72 Å². The van der Waals surface area contributed by atoms with Crippen LogP contribution < -0.4 is 4.72 Å². The van der Waals surface area contributed by atoms with Gasteiger partial charge in [-0.25, -0.2) is 21.9 Å². The second-order valence-electron chi connectivity index (χ2n) is 8.12. The smallest absolute Gasteiger partial charge is 0.252 e. The maximum absolute atomic E-state index is 15.4. The van der Waals surface area contributed by atoms with Crippen LogP contribution in [0.2, 0.25) is 0 Å². The second-order valence-corrected chi connectivity index (χ2v) is 10.2. The maximum atomic E-state index is 15.4. The lowest BCUT2D eigenvalue weighted by Crippen LogP contribution is -2.53. The first kappa shape index (κ1) is 22.8. The van der Waals surface area contributed by atoms with Crippen LogP contribution in [-0.2, 0) is 26.0 Å². The summed E-state index contributed by atoms with van der Waals surface area (Å²) in [5, 5.41) is 0. The molecule has 172 valence electrons. The molecule has 0 aliphatic carbocycles. The highest BCUT2D eigenvalue weighted by Gasteiger charge is 2.48. The Bertz CT molecular complexity index is 1080. The Hall–Kier alpha value is -2.36. The summed E-state index contributed by atoms with van der Waals surface area (Å²) in [6.07, 6.45) is -1.76. The Kier molecular flexibility index (Phi) is 6.60. The molecular weight excluding hydrogens is 438 g/mol. The Labute approximate surface area is 186 Å². The van der Waals surface area contributed by atoms with Gasteiger partial charge in [0.2, 0.25) is 10.0 Å². The molecule has 1 N–H and O–H groups in total. The first-order valence-corrected chi connectivity index (χ1v) is 12.3. The zero-order chi connectivity index (χ0) is 22.9. The van der Waals surface area contributed by atoms with Crippen LogP contribution in [0.25, 0.3) is 11.1 Å². The van der Waals surface area contributed by atoms with Crippen molar-refractivity contribution in [3.8, 4) is 11.1 Å². The molecule has 0 spiro atoms. The molecule has 0 saturated carbocycles.